The van der Waals surface area contributed by atoms with Crippen LogP contribution in [0.1, 0.15) is 26.3 Å². The number of benzene rings is 2. The topological polar surface area (TPSA) is 54.0 Å². The van der Waals surface area contributed by atoms with Crippen LogP contribution in [0.2, 0.25) is 0 Å². The lowest BCUT2D eigenvalue weighted by atomic mass is 10.0. The van der Waals surface area contributed by atoms with Crippen LogP contribution in [0.3, 0.4) is 0 Å². The quantitative estimate of drug-likeness (QED) is 0.854. The van der Waals surface area contributed by atoms with Gasteiger partial charge in [0.05, 0.1) is 6.61 Å². The second-order valence-electron chi connectivity index (χ2n) is 7.05. The maximum atomic E-state index is 12.0. The molecular formula is C20H22O5. The standard InChI is InChI=1S/C20H22O5/c1-12(21)16-17(18-19(23-16)25-20(2,3)24-18)22-11-14-9-6-8-13-7-4-5-10-15(13)14/h4-10,16-19H,11H2,1-3H3/t16-,17+,18-,19-/m1/s1. The third-order valence-corrected chi connectivity index (χ3v) is 4.70. The van der Waals surface area contributed by atoms with Gasteiger partial charge in [-0.25, -0.2) is 0 Å². The summed E-state index contributed by atoms with van der Waals surface area (Å²) in [6.45, 7) is 5.55. The van der Waals surface area contributed by atoms with E-state index in [-0.39, 0.29) is 5.78 Å². The third kappa shape index (κ3) is 3.09. The van der Waals surface area contributed by atoms with Crippen molar-refractivity contribution in [1.82, 2.24) is 0 Å². The van der Waals surface area contributed by atoms with E-state index in [1.165, 1.54) is 6.92 Å². The fourth-order valence-corrected chi connectivity index (χ4v) is 3.59. The van der Waals surface area contributed by atoms with E-state index in [2.05, 4.69) is 18.2 Å². The van der Waals surface area contributed by atoms with Crippen LogP contribution in [0, 0.1) is 0 Å². The number of carbonyl (C=O) groups excluding carboxylic acids is 1. The average molecular weight is 342 g/mol. The molecule has 0 bridgehead atoms. The van der Waals surface area contributed by atoms with E-state index in [1.807, 2.05) is 38.1 Å². The lowest BCUT2D eigenvalue weighted by Crippen LogP contribution is -2.39. The smallest absolute Gasteiger partial charge is 0.190 e. The highest BCUT2D eigenvalue weighted by molar-refractivity contribution is 5.85. The molecule has 2 fully saturated rings. The zero-order valence-corrected chi connectivity index (χ0v) is 14.6. The molecule has 2 saturated heterocycles. The molecule has 5 nitrogen and oxygen atoms in total. The van der Waals surface area contributed by atoms with Crippen molar-refractivity contribution in [2.45, 2.75) is 57.8 Å². The van der Waals surface area contributed by atoms with Crippen molar-refractivity contribution in [3.8, 4) is 0 Å². The summed E-state index contributed by atoms with van der Waals surface area (Å²) in [6.07, 6.45) is -2.12. The van der Waals surface area contributed by atoms with Crippen molar-refractivity contribution < 1.29 is 23.7 Å². The van der Waals surface area contributed by atoms with Gasteiger partial charge in [-0.05, 0) is 37.1 Å². The molecule has 2 aliphatic rings. The molecule has 0 saturated carbocycles. The Morgan fingerprint density at radius 2 is 1.88 bits per heavy atom. The fourth-order valence-electron chi connectivity index (χ4n) is 3.59. The van der Waals surface area contributed by atoms with Crippen molar-refractivity contribution in [1.29, 1.82) is 0 Å². The molecule has 2 heterocycles. The highest BCUT2D eigenvalue weighted by Crippen LogP contribution is 2.39. The van der Waals surface area contributed by atoms with E-state index in [0.29, 0.717) is 6.61 Å². The van der Waals surface area contributed by atoms with E-state index in [1.54, 1.807) is 0 Å². The molecule has 0 aliphatic carbocycles. The van der Waals surface area contributed by atoms with Crippen LogP contribution in [0.5, 0.6) is 0 Å². The second-order valence-corrected chi connectivity index (χ2v) is 7.05. The summed E-state index contributed by atoms with van der Waals surface area (Å²) in [4.78, 5) is 12.0. The number of hydrogen-bond donors (Lipinski definition) is 0. The van der Waals surface area contributed by atoms with E-state index < -0.39 is 30.4 Å². The molecule has 4 rings (SSSR count). The van der Waals surface area contributed by atoms with Gasteiger partial charge in [-0.1, -0.05) is 42.5 Å². The number of carbonyl (C=O) groups is 1. The SMILES string of the molecule is CC(=O)[C@H]1O[C@@H]2OC(C)(C)O[C@@H]2[C@H]1OCc1cccc2ccccc12. The van der Waals surface area contributed by atoms with Gasteiger partial charge in [-0.15, -0.1) is 0 Å². The number of rotatable bonds is 4. The number of hydrogen-bond acceptors (Lipinski definition) is 5. The zero-order valence-electron chi connectivity index (χ0n) is 14.6. The molecule has 0 N–H and O–H groups in total. The van der Waals surface area contributed by atoms with Crippen LogP contribution in [0.4, 0.5) is 0 Å². The van der Waals surface area contributed by atoms with Gasteiger partial charge in [0.1, 0.15) is 18.3 Å². The Balaban J connectivity index is 1.56. The van der Waals surface area contributed by atoms with Crippen molar-refractivity contribution in [3.05, 3.63) is 48.0 Å². The van der Waals surface area contributed by atoms with Crippen LogP contribution >= 0.6 is 0 Å². The van der Waals surface area contributed by atoms with Crippen molar-refractivity contribution in [2.75, 3.05) is 0 Å². The predicted octanol–water partition coefficient (Wildman–Crippen LogP) is 3.19. The second kappa shape index (κ2) is 6.18. The fraction of sp³-hybridized carbons (Fsp3) is 0.450. The molecule has 2 aromatic rings. The Morgan fingerprint density at radius 1 is 1.12 bits per heavy atom. The minimum atomic E-state index is -0.738. The number of ether oxygens (including phenoxy) is 4. The summed E-state index contributed by atoms with van der Waals surface area (Å²) < 4.78 is 23.5. The molecule has 5 heteroatoms. The number of Topliss-reactive ketones (excluding diaryl/α,β-unsaturated/α-hetero) is 1. The third-order valence-electron chi connectivity index (χ3n) is 4.70. The summed E-state index contributed by atoms with van der Waals surface area (Å²) in [5, 5.41) is 2.30. The maximum absolute atomic E-state index is 12.0. The Morgan fingerprint density at radius 3 is 2.68 bits per heavy atom. The molecule has 4 atom stereocenters. The van der Waals surface area contributed by atoms with Gasteiger partial charge >= 0.3 is 0 Å². The minimum Gasteiger partial charge on any atom is -0.367 e. The van der Waals surface area contributed by atoms with Crippen LogP contribution in [0.25, 0.3) is 10.8 Å². The van der Waals surface area contributed by atoms with Crippen LogP contribution in [-0.2, 0) is 30.3 Å². The van der Waals surface area contributed by atoms with Crippen LogP contribution in [-0.4, -0.2) is 36.2 Å². The Hall–Kier alpha value is -1.79. The van der Waals surface area contributed by atoms with Crippen LogP contribution < -0.4 is 0 Å². The maximum Gasteiger partial charge on any atom is 0.190 e. The predicted molar refractivity (Wildman–Crippen MR) is 91.9 cm³/mol. The molecule has 0 amide bonds. The minimum absolute atomic E-state index is 0.0812. The number of fused-ring (bicyclic) bond motifs is 2. The summed E-state index contributed by atoms with van der Waals surface area (Å²) in [6, 6.07) is 14.3. The summed E-state index contributed by atoms with van der Waals surface area (Å²) in [5.74, 6) is -0.819. The molecule has 0 spiro atoms. The molecule has 0 aromatic heterocycles. The monoisotopic (exact) mass is 342 g/mol. The molecule has 132 valence electrons. The Kier molecular flexibility index (Phi) is 4.12. The van der Waals surface area contributed by atoms with E-state index in [4.69, 9.17) is 18.9 Å². The van der Waals surface area contributed by atoms with Crippen LogP contribution in [0.15, 0.2) is 42.5 Å². The Bertz CT molecular complexity index is 794. The van der Waals surface area contributed by atoms with Gasteiger partial charge < -0.3 is 18.9 Å². The summed E-state index contributed by atoms with van der Waals surface area (Å²) in [5.41, 5.74) is 1.07. The molecular weight excluding hydrogens is 320 g/mol. The van der Waals surface area contributed by atoms with Gasteiger partial charge in [-0.3, -0.25) is 4.79 Å². The highest BCUT2D eigenvalue weighted by atomic mass is 16.8. The lowest BCUT2D eigenvalue weighted by molar-refractivity contribution is -0.218. The molecule has 0 unspecified atom stereocenters. The van der Waals surface area contributed by atoms with Crippen molar-refractivity contribution in [3.63, 3.8) is 0 Å². The Labute approximate surface area is 146 Å². The van der Waals surface area contributed by atoms with Gasteiger partial charge in [0, 0.05) is 0 Å². The first-order chi connectivity index (χ1) is 11.9. The molecule has 2 aromatic carbocycles. The van der Waals surface area contributed by atoms with Crippen molar-refractivity contribution in [2.24, 2.45) is 0 Å². The number of ketones is 1. The first kappa shape index (κ1) is 16.7. The largest absolute Gasteiger partial charge is 0.367 e. The normalized spacial score (nSPS) is 30.5. The summed E-state index contributed by atoms with van der Waals surface area (Å²) >= 11 is 0. The van der Waals surface area contributed by atoms with E-state index >= 15 is 0 Å². The lowest BCUT2D eigenvalue weighted by Gasteiger charge is -2.25. The van der Waals surface area contributed by atoms with Crippen molar-refractivity contribution >= 4 is 16.6 Å². The van der Waals surface area contributed by atoms with Gasteiger partial charge in [0.2, 0.25) is 0 Å². The van der Waals surface area contributed by atoms with E-state index in [9.17, 15) is 4.79 Å². The first-order valence-corrected chi connectivity index (χ1v) is 8.54. The van der Waals surface area contributed by atoms with Gasteiger partial charge in [-0.2, -0.15) is 0 Å². The van der Waals surface area contributed by atoms with Gasteiger partial charge in [0.15, 0.2) is 17.9 Å². The highest BCUT2D eigenvalue weighted by Gasteiger charge is 2.56. The summed E-state index contributed by atoms with van der Waals surface area (Å²) in [7, 11) is 0. The van der Waals surface area contributed by atoms with E-state index in [0.717, 1.165) is 16.3 Å². The zero-order chi connectivity index (χ0) is 17.6. The molecule has 0 radical (unpaired) electrons. The first-order valence-electron chi connectivity index (χ1n) is 8.54. The molecule has 2 aliphatic heterocycles. The molecule has 25 heavy (non-hydrogen) atoms. The average Bonchev–Trinajstić information content (AvgIpc) is 3.05. The van der Waals surface area contributed by atoms with Gasteiger partial charge in [0.25, 0.3) is 0 Å².